The maximum atomic E-state index is 14.9. The van der Waals surface area contributed by atoms with Crippen LogP contribution in [-0.2, 0) is 33.0 Å². The van der Waals surface area contributed by atoms with Crippen molar-refractivity contribution < 1.29 is 23.0 Å². The molecule has 14 heteroatoms. The number of benzene rings is 2. The van der Waals surface area contributed by atoms with E-state index in [1.165, 1.54) is 3.97 Å². The highest BCUT2D eigenvalue weighted by Crippen LogP contribution is 2.42. The third-order valence-electron chi connectivity index (χ3n) is 10.3. The summed E-state index contributed by atoms with van der Waals surface area (Å²) >= 11 is 0. The first-order valence-corrected chi connectivity index (χ1v) is 27.7. The molecular formula is C41H54N6O5SSi2. The monoisotopic (exact) mass is 798 g/mol. The van der Waals surface area contributed by atoms with Gasteiger partial charge in [0.2, 0.25) is 10.0 Å². The average molecular weight is 799 g/mol. The van der Waals surface area contributed by atoms with E-state index in [9.17, 15) is 18.8 Å². The third-order valence-corrected chi connectivity index (χ3v) is 16.0. The van der Waals surface area contributed by atoms with Crippen LogP contribution in [0.4, 0.5) is 0 Å². The molecular weight excluding hydrogens is 745 g/mol. The number of aliphatic hydroxyl groups excluding tert-OH is 1. The van der Waals surface area contributed by atoms with Crippen molar-refractivity contribution in [3.05, 3.63) is 95.1 Å². The van der Waals surface area contributed by atoms with Gasteiger partial charge in [-0.15, -0.1) is 0 Å². The van der Waals surface area contributed by atoms with Crippen LogP contribution in [0, 0.1) is 18.3 Å². The molecule has 1 N–H and O–H groups in total. The zero-order valence-corrected chi connectivity index (χ0v) is 36.4. The number of aliphatic hydroxyl groups is 1. The van der Waals surface area contributed by atoms with E-state index in [-0.39, 0.29) is 13.5 Å². The summed E-state index contributed by atoms with van der Waals surface area (Å²) in [5.41, 5.74) is 5.55. The number of hydrogen-bond donors (Lipinski definition) is 1. The van der Waals surface area contributed by atoms with Gasteiger partial charge in [-0.25, -0.2) is 22.1 Å². The van der Waals surface area contributed by atoms with Crippen molar-refractivity contribution in [1.29, 1.82) is 5.26 Å². The van der Waals surface area contributed by atoms with Crippen molar-refractivity contribution >= 4 is 48.1 Å². The van der Waals surface area contributed by atoms with Crippen molar-refractivity contribution in [2.24, 2.45) is 0 Å². The number of allylic oxidation sites excluding steroid dienone is 3. The largest absolute Gasteiger partial charge is 0.380 e. The van der Waals surface area contributed by atoms with E-state index in [0.29, 0.717) is 64.3 Å². The van der Waals surface area contributed by atoms with Crippen LogP contribution >= 0.6 is 0 Å². The summed E-state index contributed by atoms with van der Waals surface area (Å²) in [4.78, 5) is 4.90. The van der Waals surface area contributed by atoms with Gasteiger partial charge in [0.05, 0.1) is 33.9 Å². The van der Waals surface area contributed by atoms with Gasteiger partial charge in [0, 0.05) is 52.7 Å². The maximum Gasteiger partial charge on any atom is 0.248 e. The number of imidazole rings is 1. The fourth-order valence-corrected chi connectivity index (χ4v) is 10.4. The Morgan fingerprint density at radius 3 is 2.35 bits per heavy atom. The number of aryl methyl sites for hydroxylation is 1. The molecule has 6 rings (SSSR count). The van der Waals surface area contributed by atoms with Crippen LogP contribution in [0.1, 0.15) is 48.9 Å². The normalized spacial score (nSPS) is 17.2. The number of hydrogen-bond acceptors (Lipinski definition) is 8. The number of nitriles is 1. The molecule has 55 heavy (non-hydrogen) atoms. The molecule has 2 atom stereocenters. The number of nitrogens with zero attached hydrogens (tertiary/aromatic N) is 6. The zero-order valence-electron chi connectivity index (χ0n) is 33.5. The van der Waals surface area contributed by atoms with E-state index in [4.69, 9.17) is 14.5 Å². The second-order valence-corrected chi connectivity index (χ2v) is 30.9. The first-order chi connectivity index (χ1) is 25.8. The Morgan fingerprint density at radius 2 is 1.69 bits per heavy atom. The van der Waals surface area contributed by atoms with Crippen molar-refractivity contribution in [2.75, 3.05) is 13.2 Å². The second kappa shape index (κ2) is 15.4. The van der Waals surface area contributed by atoms with Crippen LogP contribution < -0.4 is 0 Å². The lowest BCUT2D eigenvalue weighted by Crippen LogP contribution is -2.38. The molecule has 292 valence electrons. The van der Waals surface area contributed by atoms with Gasteiger partial charge in [-0.2, -0.15) is 10.4 Å². The molecule has 0 bridgehead atoms. The summed E-state index contributed by atoms with van der Waals surface area (Å²) in [7, 11) is -6.75. The first-order valence-electron chi connectivity index (χ1n) is 18.9. The van der Waals surface area contributed by atoms with Gasteiger partial charge in [0.25, 0.3) is 0 Å². The zero-order chi connectivity index (χ0) is 39.9. The predicted octanol–water partition coefficient (Wildman–Crippen LogP) is 8.58. The highest BCUT2D eigenvalue weighted by atomic mass is 32.2. The Kier molecular flexibility index (Phi) is 11.4. The molecule has 11 nitrogen and oxygen atoms in total. The summed E-state index contributed by atoms with van der Waals surface area (Å²) in [6.07, 6.45) is 8.05. The van der Waals surface area contributed by atoms with Gasteiger partial charge in [-0.3, -0.25) is 0 Å². The van der Waals surface area contributed by atoms with Crippen LogP contribution in [0.25, 0.3) is 33.2 Å². The maximum absolute atomic E-state index is 14.9. The molecule has 0 aliphatic heterocycles. The topological polar surface area (TPSA) is 137 Å². The Labute approximate surface area is 327 Å². The molecule has 0 radical (unpaired) electrons. The van der Waals surface area contributed by atoms with E-state index >= 15 is 0 Å². The Morgan fingerprint density at radius 1 is 1.00 bits per heavy atom. The van der Waals surface area contributed by atoms with Gasteiger partial charge >= 0.3 is 0 Å². The van der Waals surface area contributed by atoms with Crippen molar-refractivity contribution in [1.82, 2.24) is 23.3 Å². The second-order valence-electron chi connectivity index (χ2n) is 17.4. The van der Waals surface area contributed by atoms with Crippen molar-refractivity contribution in [2.45, 2.75) is 103 Å². The molecule has 0 saturated heterocycles. The van der Waals surface area contributed by atoms with Crippen molar-refractivity contribution in [3.8, 4) is 17.3 Å². The predicted molar refractivity (Wildman–Crippen MR) is 225 cm³/mol. The minimum Gasteiger partial charge on any atom is -0.380 e. The number of ether oxygens (including phenoxy) is 2. The molecule has 1 aliphatic carbocycles. The first kappa shape index (κ1) is 40.6. The van der Waals surface area contributed by atoms with Crippen LogP contribution in [-0.4, -0.2) is 70.9 Å². The average Bonchev–Trinajstić information content (AvgIpc) is 3.83. The fraction of sp³-hybridized carbons (Fsp3) is 0.439. The van der Waals surface area contributed by atoms with Gasteiger partial charge in [0.15, 0.2) is 0 Å². The van der Waals surface area contributed by atoms with Crippen LogP contribution in [0.15, 0.2) is 72.6 Å². The lowest BCUT2D eigenvalue weighted by atomic mass is 9.97. The van der Waals surface area contributed by atoms with Gasteiger partial charge in [0.1, 0.15) is 30.1 Å². The lowest BCUT2D eigenvalue weighted by Gasteiger charge is -2.29. The number of rotatable bonds is 15. The molecule has 1 aliphatic rings. The highest BCUT2D eigenvalue weighted by molar-refractivity contribution is 7.91. The van der Waals surface area contributed by atoms with Crippen molar-refractivity contribution in [3.63, 3.8) is 0 Å². The van der Waals surface area contributed by atoms with Gasteiger partial charge in [-0.05, 0) is 74.7 Å². The summed E-state index contributed by atoms with van der Waals surface area (Å²) < 4.78 is 46.0. The van der Waals surface area contributed by atoms with E-state index in [1.54, 1.807) is 36.1 Å². The van der Waals surface area contributed by atoms with E-state index in [1.807, 2.05) is 60.9 Å². The summed E-state index contributed by atoms with van der Waals surface area (Å²) in [5.74, 6) is 0.330. The molecule has 0 saturated carbocycles. The molecule has 0 fully saturated rings. The van der Waals surface area contributed by atoms with Crippen LogP contribution in [0.5, 0.6) is 0 Å². The smallest absolute Gasteiger partial charge is 0.248 e. The van der Waals surface area contributed by atoms with E-state index < -0.39 is 37.0 Å². The summed E-state index contributed by atoms with van der Waals surface area (Å²) in [6, 6.07) is 15.0. The standard InChI is InChI=1S/C41H54N6O5SSi2/c1-29-11-10-17-41(3,24-29)53(49,50)47-26-33(35-16-18-43-46(35)28-52-20-22-55(7,8)9)37-32(14-12-30(2)38(37)47)39(48)40-44-34-23-31(25-42)13-15-36(34)45(40)27-51-19-21-54(4,5)6/h10-16,18,23-24,26,39,48H,17,19-22,27-28H2,1-9H3. The minimum absolute atomic E-state index is 0.148. The fourth-order valence-electron chi connectivity index (χ4n) is 7.04. The highest BCUT2D eigenvalue weighted by Gasteiger charge is 2.41. The molecule has 0 spiro atoms. The number of fused-ring (bicyclic) bond motifs is 2. The Bertz CT molecular complexity index is 2440. The quantitative estimate of drug-likeness (QED) is 0.0822. The molecule has 3 aromatic heterocycles. The van der Waals surface area contributed by atoms with Crippen LogP contribution in [0.2, 0.25) is 51.4 Å². The SMILES string of the molecule is CC1=CC(C)(S(=O)(=O)n2cc(-c3ccnn3COCC[Si](C)(C)C)c3c(C(O)c4nc5cc(C#N)ccc5n4COCC[Si](C)(C)C)ccc(C)c32)CC=C1. The third kappa shape index (κ3) is 8.38. The van der Waals surface area contributed by atoms with Gasteiger partial charge in [-0.1, -0.05) is 75.2 Å². The lowest BCUT2D eigenvalue weighted by molar-refractivity contribution is 0.0798. The Hall–Kier alpha value is -4.11. The molecule has 5 aromatic rings. The minimum atomic E-state index is -4.05. The van der Waals surface area contributed by atoms with E-state index in [0.717, 1.165) is 28.7 Å². The molecule has 3 heterocycles. The summed E-state index contributed by atoms with van der Waals surface area (Å²) in [6.45, 7) is 20.8. The number of aromatic nitrogens is 5. The van der Waals surface area contributed by atoms with E-state index in [2.05, 4.69) is 50.4 Å². The van der Waals surface area contributed by atoms with Crippen LogP contribution in [0.3, 0.4) is 0 Å². The Balaban J connectivity index is 1.55. The molecule has 2 unspecified atom stereocenters. The molecule has 2 aromatic carbocycles. The summed E-state index contributed by atoms with van der Waals surface area (Å²) in [5, 5.41) is 27.4. The molecule has 0 amide bonds. The van der Waals surface area contributed by atoms with Gasteiger partial charge < -0.3 is 19.1 Å².